The van der Waals surface area contributed by atoms with Crippen molar-refractivity contribution in [3.8, 4) is 0 Å². The fraction of sp³-hybridized carbons (Fsp3) is 0.571. The maximum absolute atomic E-state index is 12.1. The van der Waals surface area contributed by atoms with Crippen LogP contribution in [0.4, 0.5) is 0 Å². The summed E-state index contributed by atoms with van der Waals surface area (Å²) in [4.78, 5) is 24.7. The van der Waals surface area contributed by atoms with Crippen molar-refractivity contribution in [1.82, 2.24) is 10.2 Å². The van der Waals surface area contributed by atoms with E-state index in [-0.39, 0.29) is 24.4 Å². The standard InChI is InChI=1S/C14H22N2O4/c1-4-16(10(2)8-13(17)18)11(3)14(19)15-9-12-6-5-7-20-12/h5-7,10-11H,4,8-9H2,1-3H3,(H,15,19)(H,17,18). The van der Waals surface area contributed by atoms with Crippen molar-refractivity contribution < 1.29 is 19.1 Å². The van der Waals surface area contributed by atoms with Crippen LogP contribution < -0.4 is 5.32 Å². The molecule has 0 aliphatic rings. The number of hydrogen-bond donors (Lipinski definition) is 2. The average Bonchev–Trinajstić information content (AvgIpc) is 2.88. The summed E-state index contributed by atoms with van der Waals surface area (Å²) < 4.78 is 5.14. The zero-order valence-corrected chi connectivity index (χ0v) is 12.1. The normalized spacial score (nSPS) is 14.0. The number of nitrogens with one attached hydrogen (secondary N) is 1. The minimum absolute atomic E-state index is 0.0175. The van der Waals surface area contributed by atoms with Gasteiger partial charge in [-0.05, 0) is 32.5 Å². The van der Waals surface area contributed by atoms with Gasteiger partial charge in [-0.1, -0.05) is 6.92 Å². The Balaban J connectivity index is 2.53. The van der Waals surface area contributed by atoms with Crippen LogP contribution in [0.5, 0.6) is 0 Å². The first-order valence-corrected chi connectivity index (χ1v) is 6.73. The van der Waals surface area contributed by atoms with E-state index in [0.29, 0.717) is 18.8 Å². The molecule has 1 aromatic rings. The molecule has 2 N–H and O–H groups in total. The van der Waals surface area contributed by atoms with Gasteiger partial charge in [-0.15, -0.1) is 0 Å². The molecule has 6 heteroatoms. The minimum atomic E-state index is -0.862. The van der Waals surface area contributed by atoms with E-state index < -0.39 is 5.97 Å². The van der Waals surface area contributed by atoms with Crippen molar-refractivity contribution in [3.05, 3.63) is 24.2 Å². The van der Waals surface area contributed by atoms with Crippen LogP contribution >= 0.6 is 0 Å². The molecule has 112 valence electrons. The number of furan rings is 1. The molecule has 1 heterocycles. The molecule has 6 nitrogen and oxygen atoms in total. The van der Waals surface area contributed by atoms with Gasteiger partial charge < -0.3 is 14.8 Å². The van der Waals surface area contributed by atoms with E-state index in [2.05, 4.69) is 5.32 Å². The van der Waals surface area contributed by atoms with Crippen LogP contribution in [0.15, 0.2) is 22.8 Å². The highest BCUT2D eigenvalue weighted by molar-refractivity contribution is 5.81. The molecule has 0 aliphatic heterocycles. The van der Waals surface area contributed by atoms with Crippen molar-refractivity contribution in [2.75, 3.05) is 6.54 Å². The van der Waals surface area contributed by atoms with Crippen molar-refractivity contribution in [1.29, 1.82) is 0 Å². The Labute approximate surface area is 118 Å². The van der Waals surface area contributed by atoms with E-state index in [4.69, 9.17) is 9.52 Å². The van der Waals surface area contributed by atoms with Gasteiger partial charge in [0.1, 0.15) is 5.76 Å². The minimum Gasteiger partial charge on any atom is -0.481 e. The van der Waals surface area contributed by atoms with Crippen LogP contribution in [0.3, 0.4) is 0 Å². The molecule has 2 atom stereocenters. The molecule has 1 amide bonds. The zero-order chi connectivity index (χ0) is 15.1. The van der Waals surface area contributed by atoms with Crippen LogP contribution in [0, 0.1) is 0 Å². The number of rotatable bonds is 8. The molecule has 1 rings (SSSR count). The van der Waals surface area contributed by atoms with E-state index in [1.165, 1.54) is 0 Å². The fourth-order valence-electron chi connectivity index (χ4n) is 2.22. The van der Waals surface area contributed by atoms with Crippen LogP contribution in [-0.4, -0.2) is 40.5 Å². The summed E-state index contributed by atoms with van der Waals surface area (Å²) in [5, 5.41) is 11.6. The Morgan fingerprint density at radius 2 is 2.15 bits per heavy atom. The van der Waals surface area contributed by atoms with Crippen LogP contribution in [-0.2, 0) is 16.1 Å². The number of aliphatic carboxylic acids is 1. The SMILES string of the molecule is CCN(C(C)CC(=O)O)C(C)C(=O)NCc1ccco1. The first kappa shape index (κ1) is 16.2. The average molecular weight is 282 g/mol. The quantitative estimate of drug-likeness (QED) is 0.754. The van der Waals surface area contributed by atoms with Crippen LogP contribution in [0.2, 0.25) is 0 Å². The van der Waals surface area contributed by atoms with Gasteiger partial charge >= 0.3 is 5.97 Å². The molecule has 0 radical (unpaired) electrons. The van der Waals surface area contributed by atoms with E-state index in [1.54, 1.807) is 25.3 Å². The Bertz CT molecular complexity index is 430. The molecule has 0 bridgehead atoms. The monoisotopic (exact) mass is 282 g/mol. The van der Waals surface area contributed by atoms with Gasteiger partial charge in [-0.3, -0.25) is 14.5 Å². The lowest BCUT2D eigenvalue weighted by Crippen LogP contribution is -2.49. The summed E-state index contributed by atoms with van der Waals surface area (Å²) in [6.07, 6.45) is 1.57. The second kappa shape index (κ2) is 7.69. The molecule has 0 saturated carbocycles. The van der Waals surface area contributed by atoms with E-state index >= 15 is 0 Å². The maximum atomic E-state index is 12.1. The summed E-state index contributed by atoms with van der Waals surface area (Å²) in [5.74, 6) is -0.313. The van der Waals surface area contributed by atoms with Crippen LogP contribution in [0.25, 0.3) is 0 Å². The Morgan fingerprint density at radius 1 is 1.45 bits per heavy atom. The summed E-state index contributed by atoms with van der Waals surface area (Å²) in [5.41, 5.74) is 0. The molecule has 1 aromatic heterocycles. The van der Waals surface area contributed by atoms with Gasteiger partial charge in [0.25, 0.3) is 0 Å². The predicted octanol–water partition coefficient (Wildman–Crippen LogP) is 1.47. The van der Waals surface area contributed by atoms with E-state index in [9.17, 15) is 9.59 Å². The lowest BCUT2D eigenvalue weighted by molar-refractivity contribution is -0.139. The van der Waals surface area contributed by atoms with Gasteiger partial charge in [0.05, 0.1) is 25.3 Å². The van der Waals surface area contributed by atoms with Gasteiger partial charge in [0.15, 0.2) is 0 Å². The smallest absolute Gasteiger partial charge is 0.304 e. The third-order valence-electron chi connectivity index (χ3n) is 3.30. The number of amides is 1. The first-order valence-electron chi connectivity index (χ1n) is 6.73. The summed E-state index contributed by atoms with van der Waals surface area (Å²) in [6, 6.07) is 2.97. The largest absolute Gasteiger partial charge is 0.481 e. The molecule has 2 unspecified atom stereocenters. The molecule has 0 spiro atoms. The number of carbonyl (C=O) groups is 2. The second-order valence-corrected chi connectivity index (χ2v) is 4.75. The summed E-state index contributed by atoms with van der Waals surface area (Å²) >= 11 is 0. The summed E-state index contributed by atoms with van der Waals surface area (Å²) in [7, 11) is 0. The topological polar surface area (TPSA) is 82.8 Å². The van der Waals surface area contributed by atoms with Gasteiger partial charge in [0.2, 0.25) is 5.91 Å². The first-order chi connectivity index (χ1) is 9.45. The number of carboxylic acid groups (broad SMARTS) is 1. The number of likely N-dealkylation sites (N-methyl/N-ethyl adjacent to an activating group) is 1. The third kappa shape index (κ3) is 4.70. The highest BCUT2D eigenvalue weighted by Crippen LogP contribution is 2.09. The molecule has 0 saturated heterocycles. The Hall–Kier alpha value is -1.82. The van der Waals surface area contributed by atoms with Crippen molar-refractivity contribution in [3.63, 3.8) is 0 Å². The number of nitrogens with zero attached hydrogens (tertiary/aromatic N) is 1. The predicted molar refractivity (Wildman–Crippen MR) is 74.1 cm³/mol. The number of hydrogen-bond acceptors (Lipinski definition) is 4. The molecule has 0 fully saturated rings. The Morgan fingerprint density at radius 3 is 2.65 bits per heavy atom. The fourth-order valence-corrected chi connectivity index (χ4v) is 2.22. The molecular formula is C14H22N2O4. The van der Waals surface area contributed by atoms with Gasteiger partial charge in [0, 0.05) is 6.04 Å². The molecule has 20 heavy (non-hydrogen) atoms. The van der Waals surface area contributed by atoms with Crippen LogP contribution in [0.1, 0.15) is 33.0 Å². The van der Waals surface area contributed by atoms with Crippen molar-refractivity contribution in [2.45, 2.75) is 45.8 Å². The van der Waals surface area contributed by atoms with Gasteiger partial charge in [-0.2, -0.15) is 0 Å². The van der Waals surface area contributed by atoms with E-state index in [0.717, 1.165) is 0 Å². The molecule has 0 aliphatic carbocycles. The highest BCUT2D eigenvalue weighted by atomic mass is 16.4. The highest BCUT2D eigenvalue weighted by Gasteiger charge is 2.25. The summed E-state index contributed by atoms with van der Waals surface area (Å²) in [6.45, 7) is 6.45. The lowest BCUT2D eigenvalue weighted by Gasteiger charge is -2.31. The van der Waals surface area contributed by atoms with Gasteiger partial charge in [-0.25, -0.2) is 0 Å². The maximum Gasteiger partial charge on any atom is 0.304 e. The molecule has 0 aromatic carbocycles. The van der Waals surface area contributed by atoms with E-state index in [1.807, 2.05) is 18.7 Å². The number of carboxylic acids is 1. The zero-order valence-electron chi connectivity index (χ0n) is 12.1. The third-order valence-corrected chi connectivity index (χ3v) is 3.30. The molecular weight excluding hydrogens is 260 g/mol. The van der Waals surface area contributed by atoms with Crippen molar-refractivity contribution >= 4 is 11.9 Å². The lowest BCUT2D eigenvalue weighted by atomic mass is 10.1. The Kier molecular flexibility index (Phi) is 6.24. The number of carbonyl (C=O) groups excluding carboxylic acids is 1. The van der Waals surface area contributed by atoms with Crippen molar-refractivity contribution in [2.24, 2.45) is 0 Å². The second-order valence-electron chi connectivity index (χ2n) is 4.75.